The zero-order valence-electron chi connectivity index (χ0n) is 15.3. The lowest BCUT2D eigenvalue weighted by Gasteiger charge is -2.06. The fourth-order valence-corrected chi connectivity index (χ4v) is 2.61. The van der Waals surface area contributed by atoms with Crippen molar-refractivity contribution in [3.63, 3.8) is 0 Å². The van der Waals surface area contributed by atoms with E-state index in [1.165, 1.54) is 24.4 Å². The van der Waals surface area contributed by atoms with Crippen LogP contribution in [0.25, 0.3) is 0 Å². The van der Waals surface area contributed by atoms with Gasteiger partial charge in [0, 0.05) is 17.7 Å². The highest BCUT2D eigenvalue weighted by Gasteiger charge is 2.12. The molecule has 3 aromatic rings. The number of benzene rings is 3. The molecule has 8 nitrogen and oxygen atoms in total. The van der Waals surface area contributed by atoms with Gasteiger partial charge < -0.3 is 4.74 Å². The predicted octanol–water partition coefficient (Wildman–Crippen LogP) is 4.23. The Kier molecular flexibility index (Phi) is 6.51. The first-order valence-corrected chi connectivity index (χ1v) is 8.96. The van der Waals surface area contributed by atoms with Crippen LogP contribution in [0.3, 0.4) is 0 Å². The number of hydrogen-bond donors (Lipinski definition) is 1. The van der Waals surface area contributed by atoms with E-state index in [-0.39, 0.29) is 16.8 Å². The molecule has 0 aromatic heterocycles. The average Bonchev–Trinajstić information content (AvgIpc) is 2.75. The van der Waals surface area contributed by atoms with Crippen LogP contribution in [-0.4, -0.2) is 23.0 Å². The number of nitrogens with zero attached hydrogens (tertiary/aromatic N) is 2. The van der Waals surface area contributed by atoms with Crippen LogP contribution in [0.15, 0.2) is 77.9 Å². The molecule has 3 aromatic carbocycles. The number of ether oxygens (including phenoxy) is 1. The van der Waals surface area contributed by atoms with E-state index in [2.05, 4.69) is 10.5 Å². The van der Waals surface area contributed by atoms with Gasteiger partial charge in [-0.15, -0.1) is 0 Å². The fourth-order valence-electron chi connectivity index (χ4n) is 2.40. The van der Waals surface area contributed by atoms with E-state index in [0.29, 0.717) is 16.3 Å². The third-order valence-electron chi connectivity index (χ3n) is 3.88. The van der Waals surface area contributed by atoms with E-state index < -0.39 is 16.8 Å². The molecule has 1 N–H and O–H groups in total. The Morgan fingerprint density at radius 3 is 2.47 bits per heavy atom. The zero-order valence-corrected chi connectivity index (χ0v) is 16.1. The van der Waals surface area contributed by atoms with Crippen molar-refractivity contribution in [2.45, 2.75) is 0 Å². The van der Waals surface area contributed by atoms with Gasteiger partial charge in [0.1, 0.15) is 5.75 Å². The molecule has 0 radical (unpaired) electrons. The molecule has 0 aliphatic heterocycles. The van der Waals surface area contributed by atoms with E-state index in [4.69, 9.17) is 16.3 Å². The second-order valence-electron chi connectivity index (χ2n) is 5.94. The van der Waals surface area contributed by atoms with Gasteiger partial charge in [-0.2, -0.15) is 5.10 Å². The van der Waals surface area contributed by atoms with Crippen LogP contribution < -0.4 is 10.2 Å². The number of non-ortho nitro benzene ring substituents is 1. The van der Waals surface area contributed by atoms with E-state index >= 15 is 0 Å². The third kappa shape index (κ3) is 5.27. The van der Waals surface area contributed by atoms with Gasteiger partial charge in [-0.05, 0) is 48.0 Å². The number of esters is 1. The zero-order chi connectivity index (χ0) is 21.5. The lowest BCUT2D eigenvalue weighted by atomic mass is 10.2. The summed E-state index contributed by atoms with van der Waals surface area (Å²) in [4.78, 5) is 34.4. The molecular weight excluding hydrogens is 410 g/mol. The van der Waals surface area contributed by atoms with Crippen molar-refractivity contribution >= 4 is 35.4 Å². The number of carbonyl (C=O) groups is 2. The van der Waals surface area contributed by atoms with Crippen LogP contribution in [-0.2, 0) is 0 Å². The number of nitrogens with one attached hydrogen (secondary N) is 1. The van der Waals surface area contributed by atoms with Crippen molar-refractivity contribution in [3.05, 3.63) is 105 Å². The molecule has 30 heavy (non-hydrogen) atoms. The first-order chi connectivity index (χ1) is 14.4. The first kappa shape index (κ1) is 20.7. The molecule has 0 spiro atoms. The summed E-state index contributed by atoms with van der Waals surface area (Å²) in [6.45, 7) is 0. The minimum atomic E-state index is -0.583. The van der Waals surface area contributed by atoms with Crippen molar-refractivity contribution in [1.82, 2.24) is 5.43 Å². The molecule has 0 aliphatic carbocycles. The van der Waals surface area contributed by atoms with E-state index in [1.54, 1.807) is 48.5 Å². The topological polar surface area (TPSA) is 111 Å². The van der Waals surface area contributed by atoms with Crippen molar-refractivity contribution in [2.24, 2.45) is 5.10 Å². The molecule has 9 heteroatoms. The Balaban J connectivity index is 1.59. The Hall–Kier alpha value is -4.04. The molecule has 0 fully saturated rings. The normalized spacial score (nSPS) is 10.6. The van der Waals surface area contributed by atoms with Gasteiger partial charge in [-0.25, -0.2) is 10.2 Å². The maximum absolute atomic E-state index is 12.1. The molecule has 0 saturated heterocycles. The molecule has 1 amide bonds. The summed E-state index contributed by atoms with van der Waals surface area (Å²) in [5, 5.41) is 14.9. The standard InChI is InChI=1S/C21H14ClN3O5/c22-19-7-2-1-6-18(19)21(27)30-17-10-8-14(9-11-17)13-23-24-20(26)15-4-3-5-16(12-15)25(28)29/h1-13H,(H,24,26). The average molecular weight is 424 g/mol. The summed E-state index contributed by atoms with van der Waals surface area (Å²) in [5.74, 6) is -0.843. The summed E-state index contributed by atoms with van der Waals surface area (Å²) in [7, 11) is 0. The molecule has 3 rings (SSSR count). The summed E-state index contributed by atoms with van der Waals surface area (Å²) in [5.41, 5.74) is 3.11. The third-order valence-corrected chi connectivity index (χ3v) is 4.21. The molecule has 0 heterocycles. The highest BCUT2D eigenvalue weighted by molar-refractivity contribution is 6.33. The molecule has 0 unspecified atom stereocenters. The van der Waals surface area contributed by atoms with Gasteiger partial charge in [-0.3, -0.25) is 14.9 Å². The minimum Gasteiger partial charge on any atom is -0.423 e. The van der Waals surface area contributed by atoms with Crippen molar-refractivity contribution in [1.29, 1.82) is 0 Å². The molecule has 0 aliphatic rings. The highest BCUT2D eigenvalue weighted by Crippen LogP contribution is 2.19. The maximum atomic E-state index is 12.1. The number of rotatable bonds is 6. The second kappa shape index (κ2) is 9.44. The van der Waals surface area contributed by atoms with Gasteiger partial charge in [0.25, 0.3) is 11.6 Å². The summed E-state index contributed by atoms with van der Waals surface area (Å²) in [6, 6.07) is 18.3. The molecule has 150 valence electrons. The highest BCUT2D eigenvalue weighted by atomic mass is 35.5. The Labute approximate surface area is 175 Å². The molecule has 0 atom stereocenters. The van der Waals surface area contributed by atoms with Crippen LogP contribution in [0.5, 0.6) is 5.75 Å². The van der Waals surface area contributed by atoms with Crippen molar-refractivity contribution in [2.75, 3.05) is 0 Å². The first-order valence-electron chi connectivity index (χ1n) is 8.58. The van der Waals surface area contributed by atoms with Gasteiger partial charge >= 0.3 is 5.97 Å². The lowest BCUT2D eigenvalue weighted by molar-refractivity contribution is -0.384. The fraction of sp³-hybridized carbons (Fsp3) is 0. The predicted molar refractivity (Wildman–Crippen MR) is 111 cm³/mol. The van der Waals surface area contributed by atoms with Crippen LogP contribution in [0.2, 0.25) is 5.02 Å². The van der Waals surface area contributed by atoms with Crippen LogP contribution in [0.4, 0.5) is 5.69 Å². The van der Waals surface area contributed by atoms with Gasteiger partial charge in [0.2, 0.25) is 0 Å². The quantitative estimate of drug-likeness (QED) is 0.210. The van der Waals surface area contributed by atoms with Crippen LogP contribution >= 0.6 is 11.6 Å². The number of carbonyl (C=O) groups excluding carboxylic acids is 2. The lowest BCUT2D eigenvalue weighted by Crippen LogP contribution is -2.17. The van der Waals surface area contributed by atoms with Gasteiger partial charge in [0.05, 0.1) is 21.7 Å². The minimum absolute atomic E-state index is 0.114. The number of hydrazone groups is 1. The summed E-state index contributed by atoms with van der Waals surface area (Å²) in [6.07, 6.45) is 1.38. The summed E-state index contributed by atoms with van der Waals surface area (Å²) < 4.78 is 5.27. The Bertz CT molecular complexity index is 1130. The van der Waals surface area contributed by atoms with Gasteiger partial charge in [-0.1, -0.05) is 29.8 Å². The monoisotopic (exact) mass is 423 g/mol. The number of nitro benzene ring substituents is 1. The number of halogens is 1. The van der Waals surface area contributed by atoms with Crippen molar-refractivity contribution in [3.8, 4) is 5.75 Å². The van der Waals surface area contributed by atoms with E-state index in [9.17, 15) is 19.7 Å². The van der Waals surface area contributed by atoms with Crippen LogP contribution in [0.1, 0.15) is 26.3 Å². The van der Waals surface area contributed by atoms with Crippen LogP contribution in [0, 0.1) is 10.1 Å². The number of hydrogen-bond acceptors (Lipinski definition) is 6. The number of amides is 1. The second-order valence-corrected chi connectivity index (χ2v) is 6.35. The van der Waals surface area contributed by atoms with Crippen molar-refractivity contribution < 1.29 is 19.2 Å². The van der Waals surface area contributed by atoms with Gasteiger partial charge in [0.15, 0.2) is 0 Å². The summed E-state index contributed by atoms with van der Waals surface area (Å²) >= 11 is 5.98. The SMILES string of the molecule is O=C(NN=Cc1ccc(OC(=O)c2ccccc2Cl)cc1)c1cccc([N+](=O)[O-])c1. The van der Waals surface area contributed by atoms with E-state index in [1.807, 2.05) is 0 Å². The largest absolute Gasteiger partial charge is 0.423 e. The number of nitro groups is 1. The maximum Gasteiger partial charge on any atom is 0.345 e. The Morgan fingerprint density at radius 1 is 1.03 bits per heavy atom. The molecular formula is C21H14ClN3O5. The Morgan fingerprint density at radius 2 is 1.77 bits per heavy atom. The van der Waals surface area contributed by atoms with E-state index in [0.717, 1.165) is 6.07 Å². The molecule has 0 saturated carbocycles. The molecule has 0 bridgehead atoms. The smallest absolute Gasteiger partial charge is 0.345 e.